The Morgan fingerprint density at radius 3 is 2.31 bits per heavy atom. The van der Waals surface area contributed by atoms with Gasteiger partial charge in [-0.3, -0.25) is 14.3 Å². The molecular weight excluding hydrogens is 418 g/mol. The van der Waals surface area contributed by atoms with E-state index < -0.39 is 0 Å². The lowest BCUT2D eigenvalue weighted by Gasteiger charge is -2.14. The summed E-state index contributed by atoms with van der Waals surface area (Å²) in [5, 5.41) is 5.19. The van der Waals surface area contributed by atoms with E-state index >= 15 is 0 Å². The number of amides is 2. The summed E-state index contributed by atoms with van der Waals surface area (Å²) in [6, 6.07) is 7.51. The molecule has 2 heterocycles. The number of aromatic nitrogens is 2. The highest BCUT2D eigenvalue weighted by Crippen LogP contribution is 2.53. The van der Waals surface area contributed by atoms with Gasteiger partial charge in [-0.1, -0.05) is 35.9 Å². The molecule has 132 valence electrons. The predicted molar refractivity (Wildman–Crippen MR) is 101 cm³/mol. The van der Waals surface area contributed by atoms with Crippen molar-refractivity contribution in [2.24, 2.45) is 23.7 Å². The molecule has 5 rings (SSSR count). The molecular formula is C19H15BrClN3O2. The molecule has 0 N–H and O–H groups in total. The van der Waals surface area contributed by atoms with Crippen LogP contribution >= 0.6 is 27.5 Å². The van der Waals surface area contributed by atoms with Crippen LogP contribution in [0.4, 0.5) is 5.82 Å². The zero-order chi connectivity index (χ0) is 18.0. The number of fused-ring (bicyclic) bond motifs is 5. The molecule has 2 aliphatic carbocycles. The fourth-order valence-electron chi connectivity index (χ4n) is 4.51. The Kier molecular flexibility index (Phi) is 3.62. The smallest absolute Gasteiger partial charge is 0.239 e. The largest absolute Gasteiger partial charge is 0.274 e. The summed E-state index contributed by atoms with van der Waals surface area (Å²) in [5.74, 6) is 0.116. The summed E-state index contributed by atoms with van der Waals surface area (Å²) >= 11 is 9.39. The maximum atomic E-state index is 12.9. The molecule has 0 spiro atoms. The highest BCUT2D eigenvalue weighted by Gasteiger charge is 2.60. The van der Waals surface area contributed by atoms with E-state index in [1.807, 2.05) is 24.3 Å². The van der Waals surface area contributed by atoms with Crippen LogP contribution in [0, 0.1) is 23.7 Å². The zero-order valence-corrected chi connectivity index (χ0v) is 16.0. The fraction of sp³-hybridized carbons (Fsp3) is 0.316. The molecule has 1 aliphatic heterocycles. The van der Waals surface area contributed by atoms with Crippen molar-refractivity contribution in [2.75, 3.05) is 4.90 Å². The van der Waals surface area contributed by atoms with Gasteiger partial charge in [-0.15, -0.1) is 0 Å². The van der Waals surface area contributed by atoms with Crippen LogP contribution in [0.3, 0.4) is 0 Å². The second kappa shape index (κ2) is 5.79. The Bertz CT molecular complexity index is 922. The number of halogens is 2. The summed E-state index contributed by atoms with van der Waals surface area (Å²) in [4.78, 5) is 27.1. The van der Waals surface area contributed by atoms with Crippen LogP contribution in [-0.4, -0.2) is 21.6 Å². The monoisotopic (exact) mass is 431 g/mol. The Hall–Kier alpha value is -1.92. The second-order valence-electron chi connectivity index (χ2n) is 7.14. The first kappa shape index (κ1) is 16.3. The highest BCUT2D eigenvalue weighted by atomic mass is 79.9. The van der Waals surface area contributed by atoms with Crippen LogP contribution in [0.1, 0.15) is 12.0 Å². The average molecular weight is 433 g/mol. The van der Waals surface area contributed by atoms with Crippen molar-refractivity contribution in [1.29, 1.82) is 0 Å². The Labute approximate surface area is 163 Å². The van der Waals surface area contributed by atoms with Crippen LogP contribution < -0.4 is 4.90 Å². The van der Waals surface area contributed by atoms with Gasteiger partial charge in [0.05, 0.1) is 22.9 Å². The summed E-state index contributed by atoms with van der Waals surface area (Å²) in [5.41, 5.74) is 1.04. The predicted octanol–water partition coefficient (Wildman–Crippen LogP) is 3.66. The second-order valence-corrected chi connectivity index (χ2v) is 8.43. The van der Waals surface area contributed by atoms with E-state index in [2.05, 4.69) is 33.2 Å². The van der Waals surface area contributed by atoms with Gasteiger partial charge in [0.1, 0.15) is 0 Å². The quantitative estimate of drug-likeness (QED) is 0.549. The van der Waals surface area contributed by atoms with Crippen LogP contribution in [0.15, 0.2) is 47.1 Å². The maximum Gasteiger partial charge on any atom is 0.239 e. The third kappa shape index (κ3) is 2.32. The molecule has 7 heteroatoms. The molecule has 2 aromatic rings. The van der Waals surface area contributed by atoms with E-state index in [-0.39, 0.29) is 35.5 Å². The molecule has 1 saturated carbocycles. The molecule has 2 amide bonds. The maximum absolute atomic E-state index is 12.9. The molecule has 3 aliphatic rings. The van der Waals surface area contributed by atoms with Crippen LogP contribution in [0.2, 0.25) is 5.02 Å². The number of nitrogens with zero attached hydrogens (tertiary/aromatic N) is 3. The number of imide groups is 1. The summed E-state index contributed by atoms with van der Waals surface area (Å²) in [6.07, 6.45) is 6.90. The minimum atomic E-state index is -0.217. The summed E-state index contributed by atoms with van der Waals surface area (Å²) in [7, 11) is 0. The Morgan fingerprint density at radius 1 is 1.08 bits per heavy atom. The van der Waals surface area contributed by atoms with Crippen molar-refractivity contribution in [3.63, 3.8) is 0 Å². The molecule has 4 atom stereocenters. The Balaban J connectivity index is 1.44. The average Bonchev–Trinajstić information content (AvgIpc) is 3.35. The van der Waals surface area contributed by atoms with Crippen molar-refractivity contribution in [3.05, 3.63) is 57.7 Å². The Morgan fingerprint density at radius 2 is 1.69 bits per heavy atom. The molecule has 0 radical (unpaired) electrons. The van der Waals surface area contributed by atoms with Crippen LogP contribution in [0.5, 0.6) is 0 Å². The van der Waals surface area contributed by atoms with Crippen molar-refractivity contribution in [2.45, 2.75) is 13.0 Å². The van der Waals surface area contributed by atoms with Gasteiger partial charge in [0, 0.05) is 11.2 Å². The number of hydrogen-bond donors (Lipinski definition) is 0. The fourth-order valence-corrected chi connectivity index (χ4v) is 5.13. The van der Waals surface area contributed by atoms with Crippen molar-refractivity contribution < 1.29 is 9.59 Å². The van der Waals surface area contributed by atoms with Gasteiger partial charge in [-0.05, 0) is 51.9 Å². The number of anilines is 1. The van der Waals surface area contributed by atoms with Crippen LogP contribution in [-0.2, 0) is 16.1 Å². The van der Waals surface area contributed by atoms with Gasteiger partial charge >= 0.3 is 0 Å². The van der Waals surface area contributed by atoms with E-state index in [0.29, 0.717) is 21.9 Å². The van der Waals surface area contributed by atoms with Gasteiger partial charge < -0.3 is 0 Å². The van der Waals surface area contributed by atoms with E-state index in [1.54, 1.807) is 10.9 Å². The molecule has 1 aromatic carbocycles. The van der Waals surface area contributed by atoms with Crippen molar-refractivity contribution in [3.8, 4) is 0 Å². The van der Waals surface area contributed by atoms with E-state index in [0.717, 1.165) is 12.0 Å². The number of carbonyl (C=O) groups is 2. The molecule has 2 fully saturated rings. The lowest BCUT2D eigenvalue weighted by molar-refractivity contribution is -0.123. The normalized spacial score (nSPS) is 29.1. The standard InChI is InChI=1S/C19H15BrClN3O2/c20-14-9-23(8-10-1-5-13(21)6-2-10)22-17(14)24-18(25)15-11-3-4-12(7-11)16(15)19(24)26/h1-6,9,11-12,15-16H,7-8H2. The molecule has 1 aromatic heterocycles. The van der Waals surface area contributed by atoms with E-state index in [9.17, 15) is 9.59 Å². The number of benzene rings is 1. The lowest BCUT2D eigenvalue weighted by atomic mass is 9.85. The number of hydrogen-bond acceptors (Lipinski definition) is 3. The van der Waals surface area contributed by atoms with Gasteiger partial charge in [0.15, 0.2) is 5.82 Å². The minimum Gasteiger partial charge on any atom is -0.274 e. The van der Waals surface area contributed by atoms with Gasteiger partial charge in [0.25, 0.3) is 0 Å². The van der Waals surface area contributed by atoms with Gasteiger partial charge in [-0.25, -0.2) is 4.90 Å². The van der Waals surface area contributed by atoms with E-state index in [4.69, 9.17) is 11.6 Å². The van der Waals surface area contributed by atoms with Gasteiger partial charge in [0.2, 0.25) is 11.8 Å². The minimum absolute atomic E-state index is 0.116. The first-order valence-corrected chi connectivity index (χ1v) is 9.73. The summed E-state index contributed by atoms with van der Waals surface area (Å²) in [6.45, 7) is 0.533. The SMILES string of the molecule is O=C1C2C3C=CC(C3)C2C(=O)N1c1nn(Cc2ccc(Cl)cc2)cc1Br. The lowest BCUT2D eigenvalue weighted by Crippen LogP contribution is -2.33. The summed E-state index contributed by atoms with van der Waals surface area (Å²) < 4.78 is 2.37. The van der Waals surface area contributed by atoms with Crippen molar-refractivity contribution in [1.82, 2.24) is 9.78 Å². The third-order valence-electron chi connectivity index (χ3n) is 5.64. The van der Waals surface area contributed by atoms with Crippen molar-refractivity contribution >= 4 is 45.2 Å². The molecule has 4 unspecified atom stereocenters. The topological polar surface area (TPSA) is 55.2 Å². The first-order valence-electron chi connectivity index (χ1n) is 8.56. The number of carbonyl (C=O) groups excluding carboxylic acids is 2. The molecule has 1 saturated heterocycles. The highest BCUT2D eigenvalue weighted by molar-refractivity contribution is 9.10. The molecule has 5 nitrogen and oxygen atoms in total. The molecule has 26 heavy (non-hydrogen) atoms. The third-order valence-corrected chi connectivity index (χ3v) is 6.45. The zero-order valence-electron chi connectivity index (χ0n) is 13.7. The van der Waals surface area contributed by atoms with E-state index in [1.165, 1.54) is 4.90 Å². The number of allylic oxidation sites excluding steroid dienone is 2. The molecule has 2 bridgehead atoms. The first-order chi connectivity index (χ1) is 12.5. The van der Waals surface area contributed by atoms with Gasteiger partial charge in [-0.2, -0.15) is 5.10 Å². The number of rotatable bonds is 3. The van der Waals surface area contributed by atoms with Crippen LogP contribution in [0.25, 0.3) is 0 Å².